The highest BCUT2D eigenvalue weighted by molar-refractivity contribution is 5.80. The number of fused-ring (bicyclic) bond motifs is 3. The Kier molecular flexibility index (Phi) is 7.17. The first-order valence-corrected chi connectivity index (χ1v) is 11.5. The molecule has 34 heavy (non-hydrogen) atoms. The monoisotopic (exact) mass is 466 g/mol. The van der Waals surface area contributed by atoms with Crippen LogP contribution >= 0.6 is 0 Å². The Bertz CT molecular complexity index is 1030. The van der Waals surface area contributed by atoms with Crippen molar-refractivity contribution in [3.63, 3.8) is 0 Å². The van der Waals surface area contributed by atoms with Crippen molar-refractivity contribution < 1.29 is 29.0 Å². The van der Waals surface area contributed by atoms with Crippen molar-refractivity contribution in [2.24, 2.45) is 5.92 Å². The van der Waals surface area contributed by atoms with Gasteiger partial charge in [0.25, 0.3) is 0 Å². The highest BCUT2D eigenvalue weighted by atomic mass is 16.5. The fourth-order valence-electron chi connectivity index (χ4n) is 4.87. The van der Waals surface area contributed by atoms with Gasteiger partial charge in [-0.2, -0.15) is 0 Å². The zero-order valence-electron chi connectivity index (χ0n) is 19.4. The normalized spacial score (nSPS) is 19.9. The lowest BCUT2D eigenvalue weighted by molar-refractivity contribution is -0.144. The predicted molar refractivity (Wildman–Crippen MR) is 125 cm³/mol. The van der Waals surface area contributed by atoms with Crippen LogP contribution in [-0.4, -0.2) is 66.9 Å². The molecule has 1 saturated heterocycles. The van der Waals surface area contributed by atoms with Crippen LogP contribution in [-0.2, 0) is 19.1 Å². The van der Waals surface area contributed by atoms with Gasteiger partial charge in [-0.15, -0.1) is 0 Å². The molecule has 2 aliphatic rings. The number of rotatable bonds is 8. The van der Waals surface area contributed by atoms with Gasteiger partial charge in [0.05, 0.1) is 6.10 Å². The molecule has 2 aromatic carbocycles. The maximum atomic E-state index is 12.5. The van der Waals surface area contributed by atoms with E-state index >= 15 is 0 Å². The molecule has 1 aliphatic heterocycles. The number of aliphatic carboxylic acids is 1. The summed E-state index contributed by atoms with van der Waals surface area (Å²) >= 11 is 0. The van der Waals surface area contributed by atoms with Crippen molar-refractivity contribution in [1.82, 2.24) is 10.2 Å². The zero-order chi connectivity index (χ0) is 24.2. The van der Waals surface area contributed by atoms with Gasteiger partial charge in [-0.25, -0.2) is 4.79 Å². The maximum absolute atomic E-state index is 12.5. The third-order valence-corrected chi connectivity index (χ3v) is 6.74. The third-order valence-electron chi connectivity index (χ3n) is 6.74. The quantitative estimate of drug-likeness (QED) is 0.619. The number of carboxylic acid groups (broad SMARTS) is 1. The molecule has 8 nitrogen and oxygen atoms in total. The van der Waals surface area contributed by atoms with Crippen LogP contribution in [0.25, 0.3) is 11.1 Å². The molecular formula is C26H30N2O6. The Morgan fingerprint density at radius 3 is 2.24 bits per heavy atom. The minimum absolute atomic E-state index is 0.0129. The molecule has 1 heterocycles. The summed E-state index contributed by atoms with van der Waals surface area (Å²) in [6.45, 7) is 2.45. The number of nitrogens with zero attached hydrogens (tertiary/aromatic N) is 1. The Labute approximate surface area is 198 Å². The first-order valence-electron chi connectivity index (χ1n) is 11.5. The molecule has 2 amide bonds. The van der Waals surface area contributed by atoms with Crippen molar-refractivity contribution in [2.45, 2.75) is 37.8 Å². The molecule has 0 spiro atoms. The molecule has 2 aromatic rings. The SMILES string of the molecule is COC1CN(C(=O)CCC(C)NC(=O)OCC2c3ccccc3-c3ccccc32)CC1C(=O)O. The molecule has 2 N–H and O–H groups in total. The summed E-state index contributed by atoms with van der Waals surface area (Å²) in [5, 5.41) is 12.1. The van der Waals surface area contributed by atoms with Crippen LogP contribution in [0.1, 0.15) is 36.8 Å². The van der Waals surface area contributed by atoms with E-state index in [1.807, 2.05) is 31.2 Å². The summed E-state index contributed by atoms with van der Waals surface area (Å²) < 4.78 is 10.8. The number of carbonyl (C=O) groups excluding carboxylic acids is 2. The fourth-order valence-corrected chi connectivity index (χ4v) is 4.87. The smallest absolute Gasteiger partial charge is 0.407 e. The Morgan fingerprint density at radius 1 is 1.06 bits per heavy atom. The number of alkyl carbamates (subject to hydrolysis) is 1. The topological polar surface area (TPSA) is 105 Å². The zero-order valence-corrected chi connectivity index (χ0v) is 19.4. The van der Waals surface area contributed by atoms with Gasteiger partial charge >= 0.3 is 12.1 Å². The van der Waals surface area contributed by atoms with Crippen molar-refractivity contribution in [2.75, 3.05) is 26.8 Å². The number of ether oxygens (including phenoxy) is 2. The van der Waals surface area contributed by atoms with E-state index in [1.165, 1.54) is 23.1 Å². The van der Waals surface area contributed by atoms with E-state index in [-0.39, 0.29) is 44.0 Å². The van der Waals surface area contributed by atoms with E-state index < -0.39 is 24.1 Å². The summed E-state index contributed by atoms with van der Waals surface area (Å²) in [5.74, 6) is -1.84. The second-order valence-corrected chi connectivity index (χ2v) is 8.93. The Hall–Kier alpha value is -3.39. The molecule has 0 radical (unpaired) electrons. The number of carbonyl (C=O) groups is 3. The Morgan fingerprint density at radius 2 is 1.68 bits per heavy atom. The summed E-state index contributed by atoms with van der Waals surface area (Å²) in [6, 6.07) is 16.0. The molecule has 180 valence electrons. The predicted octanol–water partition coefficient (Wildman–Crippen LogP) is 3.25. The lowest BCUT2D eigenvalue weighted by Crippen LogP contribution is -2.36. The minimum Gasteiger partial charge on any atom is -0.481 e. The second-order valence-electron chi connectivity index (χ2n) is 8.93. The third kappa shape index (κ3) is 4.92. The molecule has 0 aromatic heterocycles. The van der Waals surface area contributed by atoms with Gasteiger partial charge in [0.2, 0.25) is 5.91 Å². The maximum Gasteiger partial charge on any atom is 0.407 e. The number of likely N-dealkylation sites (tertiary alicyclic amines) is 1. The van der Waals surface area contributed by atoms with Crippen LogP contribution in [0.4, 0.5) is 4.79 Å². The molecular weight excluding hydrogens is 436 g/mol. The van der Waals surface area contributed by atoms with Gasteiger partial charge in [-0.1, -0.05) is 48.5 Å². The minimum atomic E-state index is -0.965. The highest BCUT2D eigenvalue weighted by Crippen LogP contribution is 2.44. The van der Waals surface area contributed by atoms with Gasteiger partial charge < -0.3 is 24.8 Å². The number of benzene rings is 2. The molecule has 3 atom stereocenters. The average molecular weight is 467 g/mol. The van der Waals surface area contributed by atoms with Crippen molar-refractivity contribution >= 4 is 18.0 Å². The first-order chi connectivity index (χ1) is 16.4. The molecule has 4 rings (SSSR count). The number of hydrogen-bond acceptors (Lipinski definition) is 5. The van der Waals surface area contributed by atoms with Crippen LogP contribution in [0.5, 0.6) is 0 Å². The van der Waals surface area contributed by atoms with E-state index in [9.17, 15) is 19.5 Å². The van der Waals surface area contributed by atoms with Crippen molar-refractivity contribution in [3.05, 3.63) is 59.7 Å². The van der Waals surface area contributed by atoms with Gasteiger partial charge in [0, 0.05) is 38.6 Å². The average Bonchev–Trinajstić information content (AvgIpc) is 3.41. The summed E-state index contributed by atoms with van der Waals surface area (Å²) in [7, 11) is 1.45. The van der Waals surface area contributed by atoms with E-state index in [1.54, 1.807) is 0 Å². The van der Waals surface area contributed by atoms with Gasteiger partial charge in [-0.05, 0) is 35.6 Å². The molecule has 1 fully saturated rings. The number of nitrogens with one attached hydrogen (secondary N) is 1. The van der Waals surface area contributed by atoms with Crippen LogP contribution < -0.4 is 5.32 Å². The van der Waals surface area contributed by atoms with E-state index in [0.717, 1.165) is 11.1 Å². The number of carboxylic acids is 1. The molecule has 3 unspecified atom stereocenters. The largest absolute Gasteiger partial charge is 0.481 e. The second kappa shape index (κ2) is 10.3. The molecule has 0 saturated carbocycles. The number of amides is 2. The standard InChI is InChI=1S/C26H30N2O6/c1-16(11-12-24(29)28-13-21(25(30)31)23(14-28)33-2)27-26(32)34-15-22-19-9-5-3-7-17(19)18-8-4-6-10-20(18)22/h3-10,16,21-23H,11-15H2,1-2H3,(H,27,32)(H,30,31). The van der Waals surface area contributed by atoms with Crippen LogP contribution in [0.15, 0.2) is 48.5 Å². The van der Waals surface area contributed by atoms with E-state index in [0.29, 0.717) is 6.42 Å². The molecule has 1 aliphatic carbocycles. The lowest BCUT2D eigenvalue weighted by Gasteiger charge is -2.19. The Balaban J connectivity index is 1.25. The van der Waals surface area contributed by atoms with E-state index in [4.69, 9.17) is 9.47 Å². The van der Waals surface area contributed by atoms with Crippen LogP contribution in [0, 0.1) is 5.92 Å². The van der Waals surface area contributed by atoms with Gasteiger partial charge in [-0.3, -0.25) is 9.59 Å². The summed E-state index contributed by atoms with van der Waals surface area (Å²) in [6.07, 6.45) is -0.395. The highest BCUT2D eigenvalue weighted by Gasteiger charge is 2.39. The number of methoxy groups -OCH3 is 1. The van der Waals surface area contributed by atoms with Crippen LogP contribution in [0.3, 0.4) is 0 Å². The van der Waals surface area contributed by atoms with Crippen molar-refractivity contribution in [1.29, 1.82) is 0 Å². The van der Waals surface area contributed by atoms with Gasteiger partial charge in [0.15, 0.2) is 0 Å². The summed E-state index contributed by atoms with van der Waals surface area (Å²) in [5.41, 5.74) is 4.63. The van der Waals surface area contributed by atoms with Gasteiger partial charge in [0.1, 0.15) is 12.5 Å². The lowest BCUT2D eigenvalue weighted by atomic mass is 9.98. The molecule has 0 bridgehead atoms. The fraction of sp³-hybridized carbons (Fsp3) is 0.423. The van der Waals surface area contributed by atoms with Crippen molar-refractivity contribution in [3.8, 4) is 11.1 Å². The first kappa shape index (κ1) is 23.8. The van der Waals surface area contributed by atoms with E-state index in [2.05, 4.69) is 29.6 Å². The molecule has 8 heteroatoms. The summed E-state index contributed by atoms with van der Waals surface area (Å²) in [4.78, 5) is 37.8. The van der Waals surface area contributed by atoms with Crippen LogP contribution in [0.2, 0.25) is 0 Å². The number of hydrogen-bond donors (Lipinski definition) is 2.